The van der Waals surface area contributed by atoms with Gasteiger partial charge in [-0.05, 0) is 30.3 Å². The molecule has 0 saturated carbocycles. The van der Waals surface area contributed by atoms with E-state index in [9.17, 15) is 10.1 Å². The van der Waals surface area contributed by atoms with E-state index >= 15 is 0 Å². The van der Waals surface area contributed by atoms with E-state index in [1.165, 1.54) is 12.1 Å². The van der Waals surface area contributed by atoms with E-state index in [-0.39, 0.29) is 5.69 Å². The number of imidazole rings is 1. The van der Waals surface area contributed by atoms with Crippen molar-refractivity contribution in [1.82, 2.24) is 9.55 Å². The number of rotatable bonds is 2. The SMILES string of the molecule is O=[N+]([O-])c1ccc2c(c1)ncn2-c1ccc(Cl)cc1. The van der Waals surface area contributed by atoms with Gasteiger partial charge in [-0.1, -0.05) is 11.6 Å². The third-order valence-corrected chi connectivity index (χ3v) is 3.10. The molecule has 0 aliphatic heterocycles. The number of aromatic nitrogens is 2. The minimum absolute atomic E-state index is 0.0360. The number of benzene rings is 2. The van der Waals surface area contributed by atoms with Gasteiger partial charge in [-0.25, -0.2) is 4.98 Å². The van der Waals surface area contributed by atoms with Crippen molar-refractivity contribution in [1.29, 1.82) is 0 Å². The lowest BCUT2D eigenvalue weighted by Crippen LogP contribution is -1.92. The second kappa shape index (κ2) is 4.37. The van der Waals surface area contributed by atoms with E-state index in [0.717, 1.165) is 11.2 Å². The predicted molar refractivity (Wildman–Crippen MR) is 72.7 cm³/mol. The first-order chi connectivity index (χ1) is 9.15. The molecule has 0 fully saturated rings. The van der Waals surface area contributed by atoms with Crippen LogP contribution >= 0.6 is 11.6 Å². The standard InChI is InChI=1S/C13H8ClN3O2/c14-9-1-3-10(4-2-9)16-8-15-12-7-11(17(18)19)5-6-13(12)16/h1-8H. The van der Waals surface area contributed by atoms with Gasteiger partial charge in [-0.2, -0.15) is 0 Å². The maximum absolute atomic E-state index is 10.7. The van der Waals surface area contributed by atoms with E-state index in [0.29, 0.717) is 10.5 Å². The molecule has 1 heterocycles. The molecule has 3 aromatic rings. The van der Waals surface area contributed by atoms with Crippen LogP contribution in [-0.4, -0.2) is 14.5 Å². The molecule has 6 heteroatoms. The minimum atomic E-state index is -0.430. The van der Waals surface area contributed by atoms with Gasteiger partial charge >= 0.3 is 0 Å². The van der Waals surface area contributed by atoms with Gasteiger partial charge in [-0.15, -0.1) is 0 Å². The number of nitrogens with zero attached hydrogens (tertiary/aromatic N) is 3. The molecule has 3 rings (SSSR count). The Bertz CT molecular complexity index is 765. The van der Waals surface area contributed by atoms with Crippen LogP contribution in [0.3, 0.4) is 0 Å². The Morgan fingerprint density at radius 1 is 1.16 bits per heavy atom. The Morgan fingerprint density at radius 3 is 2.58 bits per heavy atom. The second-order valence-electron chi connectivity index (χ2n) is 4.02. The zero-order chi connectivity index (χ0) is 13.4. The highest BCUT2D eigenvalue weighted by molar-refractivity contribution is 6.30. The molecule has 5 nitrogen and oxygen atoms in total. The Kier molecular flexibility index (Phi) is 2.68. The molecule has 0 unspecified atom stereocenters. The van der Waals surface area contributed by atoms with E-state index < -0.39 is 4.92 Å². The first-order valence-corrected chi connectivity index (χ1v) is 5.90. The lowest BCUT2D eigenvalue weighted by Gasteiger charge is -2.03. The monoisotopic (exact) mass is 273 g/mol. The summed E-state index contributed by atoms with van der Waals surface area (Å²) in [4.78, 5) is 14.5. The zero-order valence-corrected chi connectivity index (χ0v) is 10.4. The topological polar surface area (TPSA) is 61.0 Å². The van der Waals surface area contributed by atoms with Crippen molar-refractivity contribution in [3.63, 3.8) is 0 Å². The van der Waals surface area contributed by atoms with Crippen molar-refractivity contribution in [2.24, 2.45) is 0 Å². The van der Waals surface area contributed by atoms with E-state index in [4.69, 9.17) is 11.6 Å². The maximum Gasteiger partial charge on any atom is 0.271 e. The van der Waals surface area contributed by atoms with Gasteiger partial charge in [0.25, 0.3) is 5.69 Å². The summed E-state index contributed by atoms with van der Waals surface area (Å²) in [6.45, 7) is 0. The van der Waals surface area contributed by atoms with Gasteiger partial charge in [0, 0.05) is 22.8 Å². The van der Waals surface area contributed by atoms with Crippen molar-refractivity contribution >= 4 is 28.3 Å². The lowest BCUT2D eigenvalue weighted by atomic mass is 10.2. The normalized spacial score (nSPS) is 10.8. The van der Waals surface area contributed by atoms with Crippen LogP contribution in [0.1, 0.15) is 0 Å². The van der Waals surface area contributed by atoms with Gasteiger partial charge in [0.15, 0.2) is 0 Å². The maximum atomic E-state index is 10.7. The van der Waals surface area contributed by atoms with Crippen LogP contribution in [0.5, 0.6) is 0 Å². The molecule has 0 radical (unpaired) electrons. The molecular weight excluding hydrogens is 266 g/mol. The lowest BCUT2D eigenvalue weighted by molar-refractivity contribution is -0.384. The second-order valence-corrected chi connectivity index (χ2v) is 4.46. The van der Waals surface area contributed by atoms with Gasteiger partial charge in [0.1, 0.15) is 6.33 Å². The number of nitro benzene ring substituents is 1. The smallest absolute Gasteiger partial charge is 0.271 e. The van der Waals surface area contributed by atoms with E-state index in [1.54, 1.807) is 24.5 Å². The van der Waals surface area contributed by atoms with Crippen molar-refractivity contribution in [2.75, 3.05) is 0 Å². The summed E-state index contributed by atoms with van der Waals surface area (Å²) in [6, 6.07) is 11.9. The summed E-state index contributed by atoms with van der Waals surface area (Å²) in [7, 11) is 0. The average Bonchev–Trinajstić information content (AvgIpc) is 2.82. The number of non-ortho nitro benzene ring substituents is 1. The van der Waals surface area contributed by atoms with Crippen LogP contribution < -0.4 is 0 Å². The first kappa shape index (κ1) is 11.7. The van der Waals surface area contributed by atoms with E-state index in [2.05, 4.69) is 4.98 Å². The van der Waals surface area contributed by atoms with Crippen LogP contribution in [0.15, 0.2) is 48.8 Å². The number of hydrogen-bond donors (Lipinski definition) is 0. The van der Waals surface area contributed by atoms with Crippen molar-refractivity contribution < 1.29 is 4.92 Å². The van der Waals surface area contributed by atoms with Crippen LogP contribution in [0.2, 0.25) is 5.02 Å². The Balaban J connectivity index is 2.15. The zero-order valence-electron chi connectivity index (χ0n) is 9.65. The van der Waals surface area contributed by atoms with Gasteiger partial charge in [0.05, 0.1) is 16.0 Å². The fourth-order valence-electron chi connectivity index (χ4n) is 1.92. The molecular formula is C13H8ClN3O2. The molecule has 0 saturated heterocycles. The molecule has 0 aliphatic carbocycles. The summed E-state index contributed by atoms with van der Waals surface area (Å²) >= 11 is 5.85. The molecule has 19 heavy (non-hydrogen) atoms. The molecule has 2 aromatic carbocycles. The van der Waals surface area contributed by atoms with Crippen LogP contribution in [0.4, 0.5) is 5.69 Å². The molecule has 1 aromatic heterocycles. The van der Waals surface area contributed by atoms with Gasteiger partial charge in [-0.3, -0.25) is 14.7 Å². The summed E-state index contributed by atoms with van der Waals surface area (Å²) in [5.41, 5.74) is 2.34. The minimum Gasteiger partial charge on any atom is -0.299 e. The Morgan fingerprint density at radius 2 is 1.89 bits per heavy atom. The predicted octanol–water partition coefficient (Wildman–Crippen LogP) is 3.59. The molecule has 0 spiro atoms. The Labute approximate surface area is 113 Å². The van der Waals surface area contributed by atoms with Gasteiger partial charge in [0.2, 0.25) is 0 Å². The van der Waals surface area contributed by atoms with Crippen molar-refractivity contribution in [2.45, 2.75) is 0 Å². The largest absolute Gasteiger partial charge is 0.299 e. The number of fused-ring (bicyclic) bond motifs is 1. The fourth-order valence-corrected chi connectivity index (χ4v) is 2.05. The molecule has 0 N–H and O–H groups in total. The number of nitro groups is 1. The quantitative estimate of drug-likeness (QED) is 0.529. The first-order valence-electron chi connectivity index (χ1n) is 5.52. The van der Waals surface area contributed by atoms with Crippen LogP contribution in [0, 0.1) is 10.1 Å². The molecule has 0 bridgehead atoms. The third-order valence-electron chi connectivity index (χ3n) is 2.85. The molecule has 0 atom stereocenters. The van der Waals surface area contributed by atoms with Gasteiger partial charge < -0.3 is 0 Å². The molecule has 0 aliphatic rings. The summed E-state index contributed by atoms with van der Waals surface area (Å²) in [5.74, 6) is 0. The highest BCUT2D eigenvalue weighted by Gasteiger charge is 2.10. The molecule has 94 valence electrons. The van der Waals surface area contributed by atoms with E-state index in [1.807, 2.05) is 16.7 Å². The summed E-state index contributed by atoms with van der Waals surface area (Å²) in [6.07, 6.45) is 1.64. The fraction of sp³-hybridized carbons (Fsp3) is 0. The highest BCUT2D eigenvalue weighted by atomic mass is 35.5. The average molecular weight is 274 g/mol. The Hall–Kier alpha value is -2.40. The number of hydrogen-bond acceptors (Lipinski definition) is 3. The summed E-state index contributed by atoms with van der Waals surface area (Å²) < 4.78 is 1.86. The van der Waals surface area contributed by atoms with Crippen LogP contribution in [0.25, 0.3) is 16.7 Å². The third kappa shape index (κ3) is 2.04. The summed E-state index contributed by atoms with van der Waals surface area (Å²) in [5, 5.41) is 11.4. The highest BCUT2D eigenvalue weighted by Crippen LogP contribution is 2.23. The number of halogens is 1. The van der Waals surface area contributed by atoms with Crippen LogP contribution in [-0.2, 0) is 0 Å². The van der Waals surface area contributed by atoms with Crippen molar-refractivity contribution in [3.05, 3.63) is 63.9 Å². The molecule has 0 amide bonds. The van der Waals surface area contributed by atoms with Crippen molar-refractivity contribution in [3.8, 4) is 5.69 Å².